The summed E-state index contributed by atoms with van der Waals surface area (Å²) in [6.07, 6.45) is 1.85. The highest BCUT2D eigenvalue weighted by atomic mass is 16.2. The van der Waals surface area contributed by atoms with Crippen molar-refractivity contribution in [1.82, 2.24) is 35.1 Å². The molecular formula is C12H13N7O. The molecule has 3 aromatic rings. The summed E-state index contributed by atoms with van der Waals surface area (Å²) >= 11 is 0. The second-order valence-corrected chi connectivity index (χ2v) is 4.43. The van der Waals surface area contributed by atoms with Gasteiger partial charge >= 0.3 is 0 Å². The standard InChI is InChI=1S/C12H13N7O/c1-7(13-12(20)10-14-8(2)15-17-10)11-18-16-9-5-3-4-6-19(9)11/h3-7H,1-2H3,(H,13,20)(H,14,15,17). The van der Waals surface area contributed by atoms with Crippen molar-refractivity contribution in [1.29, 1.82) is 0 Å². The third-order valence-electron chi connectivity index (χ3n) is 2.88. The van der Waals surface area contributed by atoms with Crippen molar-refractivity contribution in [2.75, 3.05) is 0 Å². The van der Waals surface area contributed by atoms with Crippen LogP contribution in [-0.2, 0) is 0 Å². The number of rotatable bonds is 3. The van der Waals surface area contributed by atoms with Crippen LogP contribution in [0.2, 0.25) is 0 Å². The minimum atomic E-state index is -0.352. The van der Waals surface area contributed by atoms with Gasteiger partial charge in [0.1, 0.15) is 5.82 Å². The van der Waals surface area contributed by atoms with Crippen LogP contribution in [0, 0.1) is 6.92 Å². The molecule has 0 aliphatic heterocycles. The first-order valence-corrected chi connectivity index (χ1v) is 6.14. The van der Waals surface area contributed by atoms with Crippen molar-refractivity contribution in [3.63, 3.8) is 0 Å². The summed E-state index contributed by atoms with van der Waals surface area (Å²) < 4.78 is 1.83. The molecule has 3 aromatic heterocycles. The molecule has 0 aliphatic rings. The number of aryl methyl sites for hydroxylation is 1. The Bertz CT molecular complexity index is 760. The summed E-state index contributed by atoms with van der Waals surface area (Å²) in [5, 5.41) is 17.4. The summed E-state index contributed by atoms with van der Waals surface area (Å²) in [7, 11) is 0. The Kier molecular flexibility index (Phi) is 2.90. The molecule has 3 heterocycles. The lowest BCUT2D eigenvalue weighted by Gasteiger charge is -2.10. The van der Waals surface area contributed by atoms with Gasteiger partial charge in [-0.25, -0.2) is 4.98 Å². The van der Waals surface area contributed by atoms with Crippen molar-refractivity contribution < 1.29 is 4.79 Å². The Hall–Kier alpha value is -2.77. The van der Waals surface area contributed by atoms with Gasteiger partial charge in [-0.2, -0.15) is 0 Å². The van der Waals surface area contributed by atoms with Crippen LogP contribution in [0.4, 0.5) is 0 Å². The molecule has 2 N–H and O–H groups in total. The monoisotopic (exact) mass is 271 g/mol. The fourth-order valence-corrected chi connectivity index (χ4v) is 1.93. The smallest absolute Gasteiger partial charge is 0.291 e. The number of pyridine rings is 1. The summed E-state index contributed by atoms with van der Waals surface area (Å²) in [5.74, 6) is 1.01. The number of amides is 1. The SMILES string of the molecule is Cc1nc(C(=O)NC(C)c2nnc3ccccn23)n[nH]1. The number of carbonyl (C=O) groups is 1. The van der Waals surface area contributed by atoms with E-state index in [0.29, 0.717) is 11.6 Å². The lowest BCUT2D eigenvalue weighted by Crippen LogP contribution is -2.28. The fraction of sp³-hybridized carbons (Fsp3) is 0.250. The van der Waals surface area contributed by atoms with E-state index in [1.54, 1.807) is 6.92 Å². The largest absolute Gasteiger partial charge is 0.339 e. The maximum atomic E-state index is 12.0. The molecule has 0 spiro atoms. The Labute approximate surface area is 114 Å². The molecule has 20 heavy (non-hydrogen) atoms. The van der Waals surface area contributed by atoms with E-state index < -0.39 is 0 Å². The average Bonchev–Trinajstić information content (AvgIpc) is 3.04. The van der Waals surface area contributed by atoms with Gasteiger partial charge < -0.3 is 5.32 Å². The Morgan fingerprint density at radius 3 is 3.00 bits per heavy atom. The van der Waals surface area contributed by atoms with Crippen LogP contribution < -0.4 is 5.32 Å². The molecule has 0 bridgehead atoms. The molecule has 1 unspecified atom stereocenters. The zero-order valence-electron chi connectivity index (χ0n) is 11.0. The van der Waals surface area contributed by atoms with Gasteiger partial charge in [0.15, 0.2) is 11.5 Å². The second-order valence-electron chi connectivity index (χ2n) is 4.43. The Morgan fingerprint density at radius 2 is 2.25 bits per heavy atom. The first kappa shape index (κ1) is 12.3. The highest BCUT2D eigenvalue weighted by Crippen LogP contribution is 2.12. The molecule has 0 radical (unpaired) electrons. The van der Waals surface area contributed by atoms with Crippen molar-refractivity contribution >= 4 is 11.6 Å². The molecule has 0 fully saturated rings. The van der Waals surface area contributed by atoms with Gasteiger partial charge in [0, 0.05) is 6.20 Å². The number of aromatic amines is 1. The number of nitrogens with zero attached hydrogens (tertiary/aromatic N) is 5. The average molecular weight is 271 g/mol. The summed E-state index contributed by atoms with van der Waals surface area (Å²) in [6, 6.07) is 5.31. The van der Waals surface area contributed by atoms with Crippen LogP contribution in [0.25, 0.3) is 5.65 Å². The molecule has 102 valence electrons. The lowest BCUT2D eigenvalue weighted by atomic mass is 10.3. The van der Waals surface area contributed by atoms with E-state index >= 15 is 0 Å². The van der Waals surface area contributed by atoms with Crippen LogP contribution in [0.15, 0.2) is 24.4 Å². The number of hydrogen-bond donors (Lipinski definition) is 2. The third-order valence-corrected chi connectivity index (χ3v) is 2.88. The molecule has 0 aromatic carbocycles. The fourth-order valence-electron chi connectivity index (χ4n) is 1.93. The van der Waals surface area contributed by atoms with Crippen molar-refractivity contribution in [2.24, 2.45) is 0 Å². The molecule has 0 saturated heterocycles. The minimum Gasteiger partial charge on any atom is -0.339 e. The quantitative estimate of drug-likeness (QED) is 0.728. The van der Waals surface area contributed by atoms with E-state index in [9.17, 15) is 4.79 Å². The number of fused-ring (bicyclic) bond motifs is 1. The highest BCUT2D eigenvalue weighted by Gasteiger charge is 2.18. The number of hydrogen-bond acceptors (Lipinski definition) is 5. The number of carbonyl (C=O) groups excluding carboxylic acids is 1. The second kappa shape index (κ2) is 4.72. The van der Waals surface area contributed by atoms with Gasteiger partial charge in [-0.3, -0.25) is 14.3 Å². The van der Waals surface area contributed by atoms with Crippen molar-refractivity contribution in [3.8, 4) is 0 Å². The normalized spacial score (nSPS) is 12.5. The van der Waals surface area contributed by atoms with E-state index in [2.05, 4.69) is 30.7 Å². The Morgan fingerprint density at radius 1 is 1.40 bits per heavy atom. The third kappa shape index (κ3) is 2.11. The lowest BCUT2D eigenvalue weighted by molar-refractivity contribution is 0.0928. The maximum absolute atomic E-state index is 12.0. The van der Waals surface area contributed by atoms with Crippen LogP contribution in [0.1, 0.15) is 35.2 Å². The minimum absolute atomic E-state index is 0.114. The Balaban J connectivity index is 1.82. The zero-order valence-corrected chi connectivity index (χ0v) is 11.0. The predicted octanol–water partition coefficient (Wildman–Crippen LogP) is 0.647. The van der Waals surface area contributed by atoms with Gasteiger partial charge in [0.25, 0.3) is 5.91 Å². The van der Waals surface area contributed by atoms with Crippen LogP contribution >= 0.6 is 0 Å². The molecule has 0 aliphatic carbocycles. The van der Waals surface area contributed by atoms with Gasteiger partial charge in [-0.15, -0.1) is 15.3 Å². The van der Waals surface area contributed by atoms with E-state index in [-0.39, 0.29) is 17.8 Å². The van der Waals surface area contributed by atoms with Crippen LogP contribution in [0.3, 0.4) is 0 Å². The highest BCUT2D eigenvalue weighted by molar-refractivity contribution is 5.90. The van der Waals surface area contributed by atoms with E-state index in [4.69, 9.17) is 0 Å². The van der Waals surface area contributed by atoms with Crippen molar-refractivity contribution in [2.45, 2.75) is 19.9 Å². The van der Waals surface area contributed by atoms with Gasteiger partial charge in [-0.05, 0) is 26.0 Å². The van der Waals surface area contributed by atoms with Gasteiger partial charge in [-0.1, -0.05) is 6.07 Å². The van der Waals surface area contributed by atoms with E-state index in [1.807, 2.05) is 35.7 Å². The topological polar surface area (TPSA) is 101 Å². The first-order chi connectivity index (χ1) is 9.65. The van der Waals surface area contributed by atoms with Gasteiger partial charge in [0.05, 0.1) is 6.04 Å². The van der Waals surface area contributed by atoms with E-state index in [0.717, 1.165) is 5.65 Å². The molecule has 1 atom stereocenters. The maximum Gasteiger partial charge on any atom is 0.291 e. The van der Waals surface area contributed by atoms with Crippen LogP contribution in [-0.4, -0.2) is 35.7 Å². The number of nitrogens with one attached hydrogen (secondary N) is 2. The molecule has 8 heteroatoms. The number of H-pyrrole nitrogens is 1. The first-order valence-electron chi connectivity index (χ1n) is 6.14. The van der Waals surface area contributed by atoms with E-state index in [1.165, 1.54) is 0 Å². The predicted molar refractivity (Wildman–Crippen MR) is 70.0 cm³/mol. The molecule has 8 nitrogen and oxygen atoms in total. The van der Waals surface area contributed by atoms with Crippen LogP contribution in [0.5, 0.6) is 0 Å². The number of aromatic nitrogens is 6. The molecule has 0 saturated carbocycles. The molecule has 1 amide bonds. The molecule has 3 rings (SSSR count). The summed E-state index contributed by atoms with van der Waals surface area (Å²) in [5.41, 5.74) is 0.734. The summed E-state index contributed by atoms with van der Waals surface area (Å²) in [6.45, 7) is 3.57. The van der Waals surface area contributed by atoms with Crippen molar-refractivity contribution in [3.05, 3.63) is 41.9 Å². The summed E-state index contributed by atoms with van der Waals surface area (Å²) in [4.78, 5) is 16.0. The molecular weight excluding hydrogens is 258 g/mol. The zero-order chi connectivity index (χ0) is 14.1. The van der Waals surface area contributed by atoms with Gasteiger partial charge in [0.2, 0.25) is 5.82 Å².